The summed E-state index contributed by atoms with van der Waals surface area (Å²) in [4.78, 5) is 4.93. The van der Waals surface area contributed by atoms with E-state index in [2.05, 4.69) is 98.8 Å². The summed E-state index contributed by atoms with van der Waals surface area (Å²) in [7, 11) is 0. The molecule has 1 nitrogen and oxygen atoms in total. The topological polar surface area (TPSA) is 12.4 Å². The van der Waals surface area contributed by atoms with Gasteiger partial charge in [0, 0.05) is 16.6 Å². The first-order valence-electron chi connectivity index (χ1n) is 9.96. The monoisotopic (exact) mass is 359 g/mol. The van der Waals surface area contributed by atoms with Crippen LogP contribution < -0.4 is 10.6 Å². The molecule has 0 bridgehead atoms. The number of allylic oxidation sites excluding steroid dienone is 10. The minimum absolute atomic E-state index is 0.0774. The fraction of sp³-hybridized carbons (Fsp3) is 0.148. The standard InChI is InChI=1S/C27H21N/c1-27(2)25-20(16-24-26(27)21-10-6-7-11-23(21)28-24)14-19-13-12-18(15-22(19)25)17-8-4-3-5-9-17/h3-16,18H,1-2H3. The van der Waals surface area contributed by atoms with Gasteiger partial charge in [0.15, 0.2) is 0 Å². The maximum absolute atomic E-state index is 4.93. The summed E-state index contributed by atoms with van der Waals surface area (Å²) in [6.07, 6.45) is 11.7. The quantitative estimate of drug-likeness (QED) is 0.686. The van der Waals surface area contributed by atoms with Gasteiger partial charge in [0.25, 0.3) is 0 Å². The van der Waals surface area contributed by atoms with Crippen LogP contribution >= 0.6 is 0 Å². The van der Waals surface area contributed by atoms with Crippen molar-refractivity contribution >= 4 is 5.57 Å². The summed E-state index contributed by atoms with van der Waals surface area (Å²) in [6.45, 7) is 4.71. The number of hydrogen-bond donors (Lipinski definition) is 0. The molecule has 2 aromatic rings. The van der Waals surface area contributed by atoms with Crippen LogP contribution in [0.5, 0.6) is 0 Å². The highest BCUT2D eigenvalue weighted by molar-refractivity contribution is 5.84. The van der Waals surface area contributed by atoms with E-state index in [1.807, 2.05) is 0 Å². The average molecular weight is 359 g/mol. The van der Waals surface area contributed by atoms with Crippen LogP contribution in [0.15, 0.2) is 118 Å². The summed E-state index contributed by atoms with van der Waals surface area (Å²) in [5.74, 6) is 0.326. The summed E-state index contributed by atoms with van der Waals surface area (Å²) in [6, 6.07) is 19.3. The normalized spacial score (nSPS) is 23.1. The lowest BCUT2D eigenvalue weighted by atomic mass is 9.68. The first-order chi connectivity index (χ1) is 13.6. The molecule has 2 aromatic carbocycles. The molecular formula is C27H21N. The van der Waals surface area contributed by atoms with Crippen molar-refractivity contribution in [3.05, 3.63) is 129 Å². The Hall–Kier alpha value is -3.19. The van der Waals surface area contributed by atoms with Gasteiger partial charge in [0.05, 0.1) is 11.1 Å². The largest absolute Gasteiger partial charge is 0.248 e. The van der Waals surface area contributed by atoms with Crippen molar-refractivity contribution in [2.45, 2.75) is 19.8 Å². The molecule has 1 atom stereocenters. The zero-order valence-corrected chi connectivity index (χ0v) is 16.1. The Balaban J connectivity index is 1.55. The first-order valence-corrected chi connectivity index (χ1v) is 9.96. The van der Waals surface area contributed by atoms with Gasteiger partial charge in [-0.25, -0.2) is 4.99 Å². The van der Waals surface area contributed by atoms with Gasteiger partial charge in [0.1, 0.15) is 0 Å². The van der Waals surface area contributed by atoms with Gasteiger partial charge < -0.3 is 0 Å². The minimum Gasteiger partial charge on any atom is -0.248 e. The summed E-state index contributed by atoms with van der Waals surface area (Å²) < 4.78 is 0. The van der Waals surface area contributed by atoms with Gasteiger partial charge in [-0.1, -0.05) is 80.6 Å². The highest BCUT2D eigenvalue weighted by Gasteiger charge is 2.41. The molecular weight excluding hydrogens is 338 g/mol. The van der Waals surface area contributed by atoms with E-state index in [0.29, 0.717) is 5.92 Å². The Kier molecular flexibility index (Phi) is 3.06. The number of fused-ring (bicyclic) bond motifs is 4. The van der Waals surface area contributed by atoms with E-state index >= 15 is 0 Å². The maximum Gasteiger partial charge on any atom is 0.0713 e. The van der Waals surface area contributed by atoms with Crippen LogP contribution in [0.2, 0.25) is 0 Å². The fourth-order valence-corrected chi connectivity index (χ4v) is 5.21. The molecule has 1 aliphatic heterocycles. The molecule has 0 fully saturated rings. The maximum atomic E-state index is 4.93. The highest BCUT2D eigenvalue weighted by Crippen LogP contribution is 2.54. The Morgan fingerprint density at radius 1 is 0.857 bits per heavy atom. The molecule has 0 N–H and O–H groups in total. The van der Waals surface area contributed by atoms with Crippen LogP contribution in [0.25, 0.3) is 5.57 Å². The molecule has 0 amide bonds. The predicted octanol–water partition coefficient (Wildman–Crippen LogP) is 4.91. The number of benzene rings is 2. The zero-order chi connectivity index (χ0) is 18.9. The van der Waals surface area contributed by atoms with E-state index in [-0.39, 0.29) is 5.41 Å². The molecule has 1 heterocycles. The van der Waals surface area contributed by atoms with Gasteiger partial charge in [-0.05, 0) is 51.6 Å². The Morgan fingerprint density at radius 2 is 1.64 bits per heavy atom. The zero-order valence-electron chi connectivity index (χ0n) is 16.1. The van der Waals surface area contributed by atoms with E-state index in [1.165, 1.54) is 38.6 Å². The third-order valence-corrected chi connectivity index (χ3v) is 6.41. The average Bonchev–Trinajstić information content (AvgIpc) is 3.26. The molecule has 1 heteroatoms. The second kappa shape index (κ2) is 5.42. The highest BCUT2D eigenvalue weighted by atomic mass is 14.8. The Labute approximate surface area is 165 Å². The van der Waals surface area contributed by atoms with Gasteiger partial charge >= 0.3 is 0 Å². The van der Waals surface area contributed by atoms with Crippen LogP contribution in [-0.2, 0) is 0 Å². The number of hydrogen-bond acceptors (Lipinski definition) is 1. The minimum atomic E-state index is -0.0774. The van der Waals surface area contributed by atoms with Crippen LogP contribution in [0.3, 0.4) is 0 Å². The van der Waals surface area contributed by atoms with E-state index in [0.717, 1.165) is 11.1 Å². The Bertz CT molecular complexity index is 1310. The SMILES string of the molecule is CC1(C)C2=C(C=C3C=CC(c4ccccc4)C=C32)C=C2N=c3ccccc3=C21. The molecule has 6 rings (SSSR count). The van der Waals surface area contributed by atoms with Crippen LogP contribution in [-0.4, -0.2) is 0 Å². The molecule has 0 saturated heterocycles. The van der Waals surface area contributed by atoms with Crippen molar-refractivity contribution in [2.75, 3.05) is 0 Å². The second-order valence-electron chi connectivity index (χ2n) is 8.46. The Morgan fingerprint density at radius 3 is 2.50 bits per heavy atom. The van der Waals surface area contributed by atoms with E-state index in [4.69, 9.17) is 4.99 Å². The van der Waals surface area contributed by atoms with Gasteiger partial charge in [0.2, 0.25) is 0 Å². The third-order valence-electron chi connectivity index (χ3n) is 6.41. The summed E-state index contributed by atoms with van der Waals surface area (Å²) >= 11 is 0. The van der Waals surface area contributed by atoms with Crippen molar-refractivity contribution in [3.63, 3.8) is 0 Å². The number of rotatable bonds is 1. The van der Waals surface area contributed by atoms with Crippen molar-refractivity contribution in [3.8, 4) is 0 Å². The van der Waals surface area contributed by atoms with Gasteiger partial charge in [-0.2, -0.15) is 0 Å². The lowest BCUT2D eigenvalue weighted by molar-refractivity contribution is 0.601. The fourth-order valence-electron chi connectivity index (χ4n) is 5.21. The van der Waals surface area contributed by atoms with Gasteiger partial charge in [-0.15, -0.1) is 0 Å². The first kappa shape index (κ1) is 15.8. The van der Waals surface area contributed by atoms with E-state index in [9.17, 15) is 0 Å². The summed E-state index contributed by atoms with van der Waals surface area (Å²) in [5, 5.41) is 2.38. The molecule has 0 radical (unpaired) electrons. The predicted molar refractivity (Wildman–Crippen MR) is 114 cm³/mol. The van der Waals surface area contributed by atoms with Crippen LogP contribution in [0.1, 0.15) is 25.3 Å². The lowest BCUT2D eigenvalue weighted by Crippen LogP contribution is -2.30. The third kappa shape index (κ3) is 2.05. The molecule has 0 saturated carbocycles. The molecule has 0 aromatic heterocycles. The van der Waals surface area contributed by atoms with Crippen molar-refractivity contribution in [1.29, 1.82) is 0 Å². The molecule has 134 valence electrons. The number of nitrogens with zero attached hydrogens (tertiary/aromatic N) is 1. The van der Waals surface area contributed by atoms with Crippen molar-refractivity contribution in [2.24, 2.45) is 10.4 Å². The molecule has 4 aliphatic rings. The van der Waals surface area contributed by atoms with Gasteiger partial charge in [-0.3, -0.25) is 0 Å². The van der Waals surface area contributed by atoms with E-state index < -0.39 is 0 Å². The van der Waals surface area contributed by atoms with Crippen molar-refractivity contribution in [1.82, 2.24) is 0 Å². The second-order valence-corrected chi connectivity index (χ2v) is 8.46. The smallest absolute Gasteiger partial charge is 0.0713 e. The summed E-state index contributed by atoms with van der Waals surface area (Å²) in [5.41, 5.74) is 9.25. The lowest BCUT2D eigenvalue weighted by Gasteiger charge is -2.35. The van der Waals surface area contributed by atoms with Crippen molar-refractivity contribution < 1.29 is 0 Å². The van der Waals surface area contributed by atoms with Crippen LogP contribution in [0, 0.1) is 5.41 Å². The number of para-hydroxylation sites is 1. The van der Waals surface area contributed by atoms with Crippen LogP contribution in [0.4, 0.5) is 0 Å². The molecule has 3 aliphatic carbocycles. The van der Waals surface area contributed by atoms with E-state index in [1.54, 1.807) is 0 Å². The molecule has 28 heavy (non-hydrogen) atoms. The molecule has 1 unspecified atom stereocenters. The molecule has 0 spiro atoms.